The Morgan fingerprint density at radius 2 is 1.88 bits per heavy atom. The number of anilines is 1. The molecule has 1 heterocycles. The zero-order valence-electron chi connectivity index (χ0n) is 13.9. The molecule has 2 aromatic carbocycles. The van der Waals surface area contributed by atoms with Crippen LogP contribution in [0.4, 0.5) is 5.69 Å². The van der Waals surface area contributed by atoms with Crippen molar-refractivity contribution in [2.45, 2.75) is 13.5 Å². The summed E-state index contributed by atoms with van der Waals surface area (Å²) < 4.78 is 2.11. The maximum absolute atomic E-state index is 12.3. The van der Waals surface area contributed by atoms with Crippen molar-refractivity contribution in [3.05, 3.63) is 80.0 Å². The molecule has 3 rings (SSSR count). The van der Waals surface area contributed by atoms with E-state index in [-0.39, 0.29) is 18.0 Å². The molecular weight excluding hydrogens is 418 g/mol. The van der Waals surface area contributed by atoms with E-state index in [0.717, 1.165) is 20.3 Å². The van der Waals surface area contributed by atoms with Crippen LogP contribution in [0.1, 0.15) is 5.56 Å². The van der Waals surface area contributed by atoms with Crippen LogP contribution in [0.3, 0.4) is 0 Å². The zero-order chi connectivity index (χ0) is 18.7. The maximum Gasteiger partial charge on any atom is 0.267 e. The molecule has 0 unspecified atom stereocenters. The van der Waals surface area contributed by atoms with Gasteiger partial charge in [-0.25, -0.2) is 4.68 Å². The second-order valence-electron chi connectivity index (χ2n) is 5.73. The highest BCUT2D eigenvalue weighted by molar-refractivity contribution is 9.10. The van der Waals surface area contributed by atoms with E-state index in [9.17, 15) is 9.59 Å². The fourth-order valence-corrected chi connectivity index (χ4v) is 2.77. The normalized spacial score (nSPS) is 10.6. The highest BCUT2D eigenvalue weighted by Gasteiger charge is 2.09. The number of benzene rings is 2. The number of rotatable bonds is 4. The first-order chi connectivity index (χ1) is 12.4. The number of hydrogen-bond donors (Lipinski definition) is 1. The largest absolute Gasteiger partial charge is 0.324 e. The number of hydrogen-bond acceptors (Lipinski definition) is 3. The third kappa shape index (κ3) is 4.39. The Morgan fingerprint density at radius 1 is 1.15 bits per heavy atom. The van der Waals surface area contributed by atoms with Crippen molar-refractivity contribution in [2.24, 2.45) is 0 Å². The molecular formula is C19H15BrClN3O2. The molecule has 0 spiro atoms. The number of aromatic nitrogens is 2. The lowest BCUT2D eigenvalue weighted by molar-refractivity contribution is -0.117. The average molecular weight is 433 g/mol. The molecule has 26 heavy (non-hydrogen) atoms. The maximum atomic E-state index is 12.3. The summed E-state index contributed by atoms with van der Waals surface area (Å²) in [7, 11) is 0. The third-order valence-corrected chi connectivity index (χ3v) is 4.88. The Bertz CT molecular complexity index is 1020. The Labute approximate surface area is 163 Å². The molecule has 1 amide bonds. The second kappa shape index (κ2) is 7.85. The van der Waals surface area contributed by atoms with Gasteiger partial charge in [0.05, 0.1) is 5.69 Å². The van der Waals surface area contributed by atoms with E-state index >= 15 is 0 Å². The number of aryl methyl sites for hydroxylation is 1. The van der Waals surface area contributed by atoms with Gasteiger partial charge in [-0.15, -0.1) is 0 Å². The van der Waals surface area contributed by atoms with Gasteiger partial charge in [0, 0.05) is 26.8 Å². The van der Waals surface area contributed by atoms with Crippen LogP contribution in [-0.2, 0) is 11.3 Å². The SMILES string of the molecule is Cc1cc(NC(=O)Cn2nc(-c3ccc(Cl)cc3)ccc2=O)ccc1Br. The summed E-state index contributed by atoms with van der Waals surface area (Å²) in [5.41, 5.74) is 2.73. The minimum atomic E-state index is -0.343. The van der Waals surface area contributed by atoms with Gasteiger partial charge in [0.2, 0.25) is 5.91 Å². The van der Waals surface area contributed by atoms with E-state index in [4.69, 9.17) is 11.6 Å². The van der Waals surface area contributed by atoms with Gasteiger partial charge in [0.25, 0.3) is 5.56 Å². The van der Waals surface area contributed by atoms with Crippen molar-refractivity contribution >= 4 is 39.1 Å². The molecule has 0 aliphatic heterocycles. The summed E-state index contributed by atoms with van der Waals surface area (Å²) >= 11 is 9.31. The second-order valence-corrected chi connectivity index (χ2v) is 7.02. The predicted molar refractivity (Wildman–Crippen MR) is 106 cm³/mol. The van der Waals surface area contributed by atoms with Crippen molar-refractivity contribution in [2.75, 3.05) is 5.32 Å². The minimum absolute atomic E-state index is 0.171. The van der Waals surface area contributed by atoms with Crippen molar-refractivity contribution in [1.29, 1.82) is 0 Å². The predicted octanol–water partition coefficient (Wildman–Crippen LogP) is 4.27. The van der Waals surface area contributed by atoms with Gasteiger partial charge in [-0.1, -0.05) is 39.7 Å². The monoisotopic (exact) mass is 431 g/mol. The van der Waals surface area contributed by atoms with Crippen molar-refractivity contribution < 1.29 is 4.79 Å². The molecule has 5 nitrogen and oxygen atoms in total. The quantitative estimate of drug-likeness (QED) is 0.669. The Morgan fingerprint density at radius 3 is 2.58 bits per heavy atom. The van der Waals surface area contributed by atoms with E-state index in [0.29, 0.717) is 16.4 Å². The van der Waals surface area contributed by atoms with Crippen LogP contribution in [0.2, 0.25) is 5.02 Å². The number of carbonyl (C=O) groups is 1. The number of amides is 1. The summed E-state index contributed by atoms with van der Waals surface area (Å²) in [6.45, 7) is 1.76. The van der Waals surface area contributed by atoms with E-state index < -0.39 is 0 Å². The number of nitrogens with zero attached hydrogens (tertiary/aromatic N) is 2. The molecule has 0 aliphatic rings. The molecule has 132 valence electrons. The van der Waals surface area contributed by atoms with Crippen molar-refractivity contribution in [3.63, 3.8) is 0 Å². The summed E-state index contributed by atoms with van der Waals surface area (Å²) in [5, 5.41) is 7.67. The molecule has 0 fully saturated rings. The van der Waals surface area contributed by atoms with E-state index in [1.165, 1.54) is 6.07 Å². The standard InChI is InChI=1S/C19H15BrClN3O2/c1-12-10-15(6-7-16(12)20)22-18(25)11-24-19(26)9-8-17(23-24)13-2-4-14(21)5-3-13/h2-10H,11H2,1H3,(H,22,25). The molecule has 7 heteroatoms. The topological polar surface area (TPSA) is 64.0 Å². The lowest BCUT2D eigenvalue weighted by Crippen LogP contribution is -2.29. The molecule has 0 saturated heterocycles. The third-order valence-electron chi connectivity index (χ3n) is 3.74. The first-order valence-corrected chi connectivity index (χ1v) is 8.99. The fourth-order valence-electron chi connectivity index (χ4n) is 2.40. The van der Waals surface area contributed by atoms with Gasteiger partial charge < -0.3 is 5.32 Å². The first kappa shape index (κ1) is 18.4. The van der Waals surface area contributed by atoms with Gasteiger partial charge in [0.1, 0.15) is 6.54 Å². The van der Waals surface area contributed by atoms with Crippen LogP contribution >= 0.6 is 27.5 Å². The van der Waals surface area contributed by atoms with E-state index in [1.807, 2.05) is 31.2 Å². The van der Waals surface area contributed by atoms with Crippen LogP contribution in [0.25, 0.3) is 11.3 Å². The van der Waals surface area contributed by atoms with Gasteiger partial charge >= 0.3 is 0 Å². The number of carbonyl (C=O) groups excluding carboxylic acids is 1. The minimum Gasteiger partial charge on any atom is -0.324 e. The van der Waals surface area contributed by atoms with E-state index in [1.54, 1.807) is 24.3 Å². The molecule has 0 radical (unpaired) electrons. The molecule has 0 atom stereocenters. The molecule has 1 N–H and O–H groups in total. The van der Waals surface area contributed by atoms with Crippen LogP contribution in [0.5, 0.6) is 0 Å². The summed E-state index contributed by atoms with van der Waals surface area (Å²) in [6, 6.07) is 15.6. The van der Waals surface area contributed by atoms with Crippen LogP contribution in [0, 0.1) is 6.92 Å². The zero-order valence-corrected chi connectivity index (χ0v) is 16.2. The highest BCUT2D eigenvalue weighted by Crippen LogP contribution is 2.20. The summed E-state index contributed by atoms with van der Waals surface area (Å²) in [6.07, 6.45) is 0. The summed E-state index contributed by atoms with van der Waals surface area (Å²) in [4.78, 5) is 24.3. The number of nitrogens with one attached hydrogen (secondary N) is 1. The Hall–Kier alpha value is -2.44. The molecule has 3 aromatic rings. The Kier molecular flexibility index (Phi) is 5.54. The first-order valence-electron chi connectivity index (χ1n) is 7.82. The lowest BCUT2D eigenvalue weighted by Gasteiger charge is -2.09. The summed E-state index contributed by atoms with van der Waals surface area (Å²) in [5.74, 6) is -0.324. The Balaban J connectivity index is 1.79. The van der Waals surface area contributed by atoms with Gasteiger partial charge in [-0.05, 0) is 48.9 Å². The van der Waals surface area contributed by atoms with Gasteiger partial charge in [-0.2, -0.15) is 5.10 Å². The molecule has 1 aromatic heterocycles. The molecule has 0 bridgehead atoms. The van der Waals surface area contributed by atoms with E-state index in [2.05, 4.69) is 26.3 Å². The fraction of sp³-hybridized carbons (Fsp3) is 0.105. The smallest absolute Gasteiger partial charge is 0.267 e. The van der Waals surface area contributed by atoms with Crippen molar-refractivity contribution in [1.82, 2.24) is 9.78 Å². The average Bonchev–Trinajstić information content (AvgIpc) is 2.61. The highest BCUT2D eigenvalue weighted by atomic mass is 79.9. The van der Waals surface area contributed by atoms with Crippen molar-refractivity contribution in [3.8, 4) is 11.3 Å². The number of halogens is 2. The van der Waals surface area contributed by atoms with Gasteiger partial charge in [0.15, 0.2) is 0 Å². The van der Waals surface area contributed by atoms with Crippen LogP contribution in [-0.4, -0.2) is 15.7 Å². The lowest BCUT2D eigenvalue weighted by atomic mass is 10.1. The van der Waals surface area contributed by atoms with Gasteiger partial charge in [-0.3, -0.25) is 9.59 Å². The van der Waals surface area contributed by atoms with Crippen LogP contribution < -0.4 is 10.9 Å². The molecule has 0 saturated carbocycles. The molecule has 0 aliphatic carbocycles. The van der Waals surface area contributed by atoms with Crippen LogP contribution in [0.15, 0.2) is 63.9 Å².